The van der Waals surface area contributed by atoms with E-state index in [9.17, 15) is 5.26 Å². The van der Waals surface area contributed by atoms with E-state index in [4.69, 9.17) is 16.4 Å². The Labute approximate surface area is 230 Å². The van der Waals surface area contributed by atoms with Crippen LogP contribution in [0.5, 0.6) is 0 Å². The van der Waals surface area contributed by atoms with E-state index in [1.165, 1.54) is 29.7 Å². The van der Waals surface area contributed by atoms with Gasteiger partial charge >= 0.3 is 0 Å². The molecule has 2 aromatic carbocycles. The minimum Gasteiger partial charge on any atom is -0.367 e. The number of rotatable bonds is 6. The number of nitrogens with one attached hydrogen (secondary N) is 1. The van der Waals surface area contributed by atoms with Crippen molar-refractivity contribution in [1.82, 2.24) is 20.2 Å². The van der Waals surface area contributed by atoms with E-state index in [1.54, 1.807) is 0 Å². The van der Waals surface area contributed by atoms with Gasteiger partial charge in [-0.15, -0.1) is 0 Å². The van der Waals surface area contributed by atoms with E-state index in [0.717, 1.165) is 60.8 Å². The van der Waals surface area contributed by atoms with Crippen LogP contribution in [0, 0.1) is 11.3 Å². The molecule has 4 aliphatic rings. The van der Waals surface area contributed by atoms with Gasteiger partial charge in [0, 0.05) is 67.7 Å². The maximum Gasteiger partial charge on any atom is 0.0908 e. The molecular formula is C30H35ClN6O. The molecule has 0 aliphatic carbocycles. The topological polar surface area (TPSA) is 58.0 Å². The number of likely N-dealkylation sites (N-methyl/N-ethyl adjacent to an activating group) is 1. The normalized spacial score (nSPS) is 24.1. The Bertz CT molecular complexity index is 1320. The molecule has 1 N–H and O–H groups in total. The lowest BCUT2D eigenvalue weighted by molar-refractivity contribution is -0.100. The summed E-state index contributed by atoms with van der Waals surface area (Å²) in [6, 6.07) is 15.4. The third-order valence-electron chi connectivity index (χ3n) is 8.23. The highest BCUT2D eigenvalue weighted by atomic mass is 35.5. The first-order chi connectivity index (χ1) is 18.6. The molecule has 0 amide bonds. The zero-order valence-corrected chi connectivity index (χ0v) is 22.7. The predicted octanol–water partition coefficient (Wildman–Crippen LogP) is 4.49. The van der Waals surface area contributed by atoms with E-state index in [1.807, 2.05) is 17.2 Å². The molecule has 4 heterocycles. The van der Waals surface area contributed by atoms with Crippen molar-refractivity contribution in [3.63, 3.8) is 0 Å². The van der Waals surface area contributed by atoms with Crippen molar-refractivity contribution in [2.45, 2.75) is 31.3 Å². The van der Waals surface area contributed by atoms with Gasteiger partial charge in [-0.2, -0.15) is 5.26 Å². The van der Waals surface area contributed by atoms with Gasteiger partial charge in [-0.3, -0.25) is 4.84 Å². The van der Waals surface area contributed by atoms with Gasteiger partial charge in [-0.25, -0.2) is 5.06 Å². The number of allylic oxidation sites excluding steroid dienone is 1. The number of hydrogen-bond donors (Lipinski definition) is 1. The second kappa shape index (κ2) is 11.0. The predicted molar refractivity (Wildman–Crippen MR) is 152 cm³/mol. The number of nitriles is 1. The van der Waals surface area contributed by atoms with E-state index in [0.29, 0.717) is 19.1 Å². The van der Waals surface area contributed by atoms with Crippen LogP contribution >= 0.6 is 11.6 Å². The summed E-state index contributed by atoms with van der Waals surface area (Å²) in [5, 5.41) is 17.7. The van der Waals surface area contributed by atoms with Crippen molar-refractivity contribution in [2.75, 3.05) is 57.8 Å². The van der Waals surface area contributed by atoms with Crippen LogP contribution in [0.25, 0.3) is 10.8 Å². The van der Waals surface area contributed by atoms with Crippen LogP contribution in [-0.2, 0) is 4.84 Å². The fourth-order valence-corrected chi connectivity index (χ4v) is 6.43. The summed E-state index contributed by atoms with van der Waals surface area (Å²) in [6.45, 7) is 5.95. The van der Waals surface area contributed by atoms with Gasteiger partial charge in [-0.05, 0) is 49.5 Å². The molecule has 2 aromatic rings. The van der Waals surface area contributed by atoms with E-state index in [-0.39, 0.29) is 6.04 Å². The number of halogens is 1. The highest BCUT2D eigenvalue weighted by Gasteiger charge is 2.31. The molecule has 1 unspecified atom stereocenters. The van der Waals surface area contributed by atoms with Crippen molar-refractivity contribution in [1.29, 1.82) is 5.26 Å². The first-order valence-electron chi connectivity index (χ1n) is 13.6. The Balaban J connectivity index is 1.31. The molecule has 2 fully saturated rings. The van der Waals surface area contributed by atoms with E-state index in [2.05, 4.69) is 75.9 Å². The zero-order valence-electron chi connectivity index (χ0n) is 21.9. The fourth-order valence-electron chi connectivity index (χ4n) is 6.15. The van der Waals surface area contributed by atoms with Crippen LogP contribution < -0.4 is 10.2 Å². The van der Waals surface area contributed by atoms with E-state index < -0.39 is 0 Å². The standard InChI is InChI=1S/C30H35ClN6O/c1-34-14-4-7-25(34)21-38-37-18-23-17-35(28-9-3-6-22-5-2-8-27(31)30(22)28)15-11-26(23)29(20-37)36-16-13-33-24(19-36)10-12-32/h2-3,5-6,8-9,11,18,20,24-25,33H,4,7,10,13-17,19,21H2,1H3/t24?,25-/m0/s1. The highest BCUT2D eigenvalue weighted by molar-refractivity contribution is 6.36. The summed E-state index contributed by atoms with van der Waals surface area (Å²) in [6.07, 6.45) is 9.53. The Morgan fingerprint density at radius 1 is 1.13 bits per heavy atom. The molecule has 0 radical (unpaired) electrons. The molecule has 2 atom stereocenters. The quantitative estimate of drug-likeness (QED) is 0.590. The minimum atomic E-state index is 0.170. The number of piperazine rings is 1. The molecule has 8 heteroatoms. The van der Waals surface area contributed by atoms with Crippen molar-refractivity contribution < 1.29 is 4.84 Å². The molecule has 7 nitrogen and oxygen atoms in total. The summed E-state index contributed by atoms with van der Waals surface area (Å²) in [5.41, 5.74) is 4.83. The molecule has 0 saturated carbocycles. The second-order valence-corrected chi connectivity index (χ2v) is 11.1. The van der Waals surface area contributed by atoms with Crippen LogP contribution in [0.4, 0.5) is 5.69 Å². The highest BCUT2D eigenvalue weighted by Crippen LogP contribution is 2.38. The smallest absolute Gasteiger partial charge is 0.0908 e. The molecule has 4 aliphatic heterocycles. The third kappa shape index (κ3) is 5.02. The van der Waals surface area contributed by atoms with Gasteiger partial charge in [0.1, 0.15) is 0 Å². The maximum atomic E-state index is 9.28. The van der Waals surface area contributed by atoms with Crippen LogP contribution in [0.1, 0.15) is 19.3 Å². The van der Waals surface area contributed by atoms with Crippen molar-refractivity contribution in [3.8, 4) is 6.07 Å². The van der Waals surface area contributed by atoms with Crippen LogP contribution in [0.2, 0.25) is 5.02 Å². The zero-order chi connectivity index (χ0) is 26.1. The average molecular weight is 531 g/mol. The van der Waals surface area contributed by atoms with Gasteiger partial charge in [0.15, 0.2) is 0 Å². The van der Waals surface area contributed by atoms with Crippen LogP contribution in [0.15, 0.2) is 71.7 Å². The number of hydroxylamine groups is 2. The molecule has 0 spiro atoms. The lowest BCUT2D eigenvalue weighted by atomic mass is 9.95. The van der Waals surface area contributed by atoms with E-state index >= 15 is 0 Å². The number of likely N-dealkylation sites (tertiary alicyclic amines) is 1. The molecule has 38 heavy (non-hydrogen) atoms. The average Bonchev–Trinajstić information content (AvgIpc) is 3.35. The van der Waals surface area contributed by atoms with Gasteiger partial charge in [-0.1, -0.05) is 41.9 Å². The largest absolute Gasteiger partial charge is 0.367 e. The van der Waals surface area contributed by atoms with Gasteiger partial charge in [0.2, 0.25) is 0 Å². The van der Waals surface area contributed by atoms with Gasteiger partial charge in [0.05, 0.1) is 36.0 Å². The Morgan fingerprint density at radius 2 is 2.00 bits per heavy atom. The van der Waals surface area contributed by atoms with Crippen molar-refractivity contribution in [2.24, 2.45) is 0 Å². The Kier molecular flexibility index (Phi) is 7.31. The number of benzene rings is 2. The third-order valence-corrected chi connectivity index (χ3v) is 8.54. The summed E-state index contributed by atoms with van der Waals surface area (Å²) in [4.78, 5) is 13.6. The van der Waals surface area contributed by atoms with Crippen molar-refractivity contribution in [3.05, 3.63) is 76.7 Å². The number of anilines is 1. The number of nitrogens with zero attached hydrogens (tertiary/aromatic N) is 5. The van der Waals surface area contributed by atoms with Gasteiger partial charge in [0.25, 0.3) is 0 Å². The number of fused-ring (bicyclic) bond motifs is 2. The van der Waals surface area contributed by atoms with Crippen LogP contribution in [-0.4, -0.2) is 79.9 Å². The molecule has 2 saturated heterocycles. The summed E-state index contributed by atoms with van der Waals surface area (Å²) in [7, 11) is 2.18. The molecule has 198 valence electrons. The molecule has 0 bridgehead atoms. The lowest BCUT2D eigenvalue weighted by Gasteiger charge is -2.42. The Morgan fingerprint density at radius 3 is 2.82 bits per heavy atom. The Hall–Kier alpha value is -3.02. The lowest BCUT2D eigenvalue weighted by Crippen LogP contribution is -2.51. The summed E-state index contributed by atoms with van der Waals surface area (Å²) < 4.78 is 0. The fraction of sp³-hybridized carbons (Fsp3) is 0.433. The molecule has 6 rings (SSSR count). The minimum absolute atomic E-state index is 0.170. The monoisotopic (exact) mass is 530 g/mol. The van der Waals surface area contributed by atoms with Crippen molar-refractivity contribution >= 4 is 28.1 Å². The summed E-state index contributed by atoms with van der Waals surface area (Å²) >= 11 is 6.69. The first kappa shape index (κ1) is 25.3. The summed E-state index contributed by atoms with van der Waals surface area (Å²) in [5.74, 6) is 0. The second-order valence-electron chi connectivity index (χ2n) is 10.7. The molecule has 0 aromatic heterocycles. The molecular weight excluding hydrogens is 496 g/mol. The SMILES string of the molecule is CN1CCC[C@H]1CON1C=C2CN(c3cccc4cccc(Cl)c34)CC=C2C(N2CCNC(CC#N)C2)=C1. The first-order valence-corrected chi connectivity index (χ1v) is 14.0. The maximum absolute atomic E-state index is 9.28. The van der Waals surface area contributed by atoms with Gasteiger partial charge < -0.3 is 20.0 Å². The van der Waals surface area contributed by atoms with Crippen LogP contribution in [0.3, 0.4) is 0 Å². The number of hydrogen-bond acceptors (Lipinski definition) is 7.